The Morgan fingerprint density at radius 3 is 2.72 bits per heavy atom. The minimum Gasteiger partial charge on any atom is -0.346 e. The maximum absolute atomic E-state index is 12.8. The van der Waals surface area contributed by atoms with E-state index < -0.39 is 4.92 Å². The minimum atomic E-state index is -0.400. The number of fused-ring (bicyclic) bond motifs is 3. The zero-order valence-corrected chi connectivity index (χ0v) is 14.6. The summed E-state index contributed by atoms with van der Waals surface area (Å²) >= 11 is 1.34. The normalized spacial score (nSPS) is 29.0. The Morgan fingerprint density at radius 2 is 2.04 bits per heavy atom. The first-order chi connectivity index (χ1) is 12.1. The van der Waals surface area contributed by atoms with Gasteiger partial charge >= 0.3 is 0 Å². The van der Waals surface area contributed by atoms with Gasteiger partial charge in [0.25, 0.3) is 11.6 Å². The van der Waals surface area contributed by atoms with Crippen LogP contribution in [0.2, 0.25) is 0 Å². The lowest BCUT2D eigenvalue weighted by atomic mass is 9.77. The van der Waals surface area contributed by atoms with Gasteiger partial charge in [-0.25, -0.2) is 0 Å². The number of carbonyl (C=O) groups is 1. The van der Waals surface area contributed by atoms with Crippen LogP contribution in [-0.4, -0.2) is 40.4 Å². The SMILES string of the molecule is O=C(N[C@H]1C2CCN(CC2)C12CC2)c1cc2ccc([N+](=O)[O-])cc2s1. The first-order valence-electron chi connectivity index (χ1n) is 8.81. The largest absolute Gasteiger partial charge is 0.346 e. The van der Waals surface area contributed by atoms with Crippen LogP contribution in [0.5, 0.6) is 0 Å². The zero-order valence-electron chi connectivity index (χ0n) is 13.7. The number of hydrogen-bond donors (Lipinski definition) is 1. The van der Waals surface area contributed by atoms with E-state index in [2.05, 4.69) is 10.2 Å². The van der Waals surface area contributed by atoms with E-state index in [-0.39, 0.29) is 23.2 Å². The van der Waals surface area contributed by atoms with E-state index in [0.717, 1.165) is 10.1 Å². The molecular formula is C18H19N3O3S. The van der Waals surface area contributed by atoms with Gasteiger partial charge in [0.2, 0.25) is 0 Å². The molecule has 6 rings (SSSR count). The Bertz CT molecular complexity index is 881. The number of hydrogen-bond acceptors (Lipinski definition) is 5. The van der Waals surface area contributed by atoms with Crippen LogP contribution in [0.4, 0.5) is 5.69 Å². The summed E-state index contributed by atoms with van der Waals surface area (Å²) in [6.45, 7) is 2.34. The summed E-state index contributed by atoms with van der Waals surface area (Å²) in [6, 6.07) is 6.86. The Labute approximate surface area is 149 Å². The van der Waals surface area contributed by atoms with E-state index in [9.17, 15) is 14.9 Å². The van der Waals surface area contributed by atoms with Gasteiger partial charge in [0.05, 0.1) is 15.8 Å². The van der Waals surface area contributed by atoms with Gasteiger partial charge in [0, 0.05) is 22.4 Å². The molecule has 1 N–H and O–H groups in total. The molecule has 0 radical (unpaired) electrons. The molecule has 4 fully saturated rings. The van der Waals surface area contributed by atoms with Crippen molar-refractivity contribution in [2.45, 2.75) is 37.3 Å². The van der Waals surface area contributed by atoms with Gasteiger partial charge in [-0.15, -0.1) is 11.3 Å². The van der Waals surface area contributed by atoms with E-state index in [1.165, 1.54) is 56.2 Å². The van der Waals surface area contributed by atoms with Crippen molar-refractivity contribution in [1.82, 2.24) is 10.2 Å². The lowest BCUT2D eigenvalue weighted by Crippen LogP contribution is -2.65. The molecule has 1 aliphatic carbocycles. The number of nitrogens with zero attached hydrogens (tertiary/aromatic N) is 2. The molecular weight excluding hydrogens is 338 g/mol. The maximum Gasteiger partial charge on any atom is 0.270 e. The fraction of sp³-hybridized carbons (Fsp3) is 0.500. The molecule has 4 heterocycles. The van der Waals surface area contributed by atoms with Gasteiger partial charge in [0.1, 0.15) is 0 Å². The van der Waals surface area contributed by atoms with Gasteiger partial charge in [-0.1, -0.05) is 0 Å². The number of rotatable bonds is 3. The smallest absolute Gasteiger partial charge is 0.270 e. The third kappa shape index (κ3) is 2.29. The van der Waals surface area contributed by atoms with Crippen LogP contribution < -0.4 is 5.32 Å². The summed E-state index contributed by atoms with van der Waals surface area (Å²) in [4.78, 5) is 26.6. The van der Waals surface area contributed by atoms with Crippen molar-refractivity contribution >= 4 is 33.0 Å². The van der Waals surface area contributed by atoms with Gasteiger partial charge in [0.15, 0.2) is 0 Å². The molecule has 1 spiro atoms. The van der Waals surface area contributed by atoms with Crippen LogP contribution >= 0.6 is 11.3 Å². The third-order valence-corrected chi connectivity index (χ3v) is 7.30. The van der Waals surface area contributed by atoms with E-state index in [4.69, 9.17) is 0 Å². The van der Waals surface area contributed by atoms with Crippen LogP contribution in [0.3, 0.4) is 0 Å². The maximum atomic E-state index is 12.8. The molecule has 1 aromatic heterocycles. The Kier molecular flexibility index (Phi) is 3.21. The Morgan fingerprint density at radius 1 is 1.28 bits per heavy atom. The fourth-order valence-electron chi connectivity index (χ4n) is 4.78. The van der Waals surface area contributed by atoms with Crippen molar-refractivity contribution in [3.05, 3.63) is 39.3 Å². The van der Waals surface area contributed by atoms with Crippen LogP contribution in [0.15, 0.2) is 24.3 Å². The highest BCUT2D eigenvalue weighted by molar-refractivity contribution is 7.20. The summed E-state index contributed by atoms with van der Waals surface area (Å²) in [5, 5.41) is 15.1. The molecule has 1 saturated carbocycles. The molecule has 0 unspecified atom stereocenters. The van der Waals surface area contributed by atoms with Crippen molar-refractivity contribution < 1.29 is 9.72 Å². The summed E-state index contributed by atoms with van der Waals surface area (Å²) in [5.41, 5.74) is 0.280. The highest BCUT2D eigenvalue weighted by Gasteiger charge is 2.60. The molecule has 25 heavy (non-hydrogen) atoms. The lowest BCUT2D eigenvalue weighted by molar-refractivity contribution is -0.384. The van der Waals surface area contributed by atoms with Crippen molar-refractivity contribution in [3.8, 4) is 0 Å². The molecule has 6 nitrogen and oxygen atoms in total. The molecule has 3 saturated heterocycles. The number of nitrogens with one attached hydrogen (secondary N) is 1. The second-order valence-corrected chi connectivity index (χ2v) is 8.55. The van der Waals surface area contributed by atoms with Crippen molar-refractivity contribution in [2.24, 2.45) is 5.92 Å². The average molecular weight is 357 g/mol. The van der Waals surface area contributed by atoms with E-state index in [1.54, 1.807) is 12.1 Å². The van der Waals surface area contributed by atoms with E-state index in [1.807, 2.05) is 6.07 Å². The molecule has 2 aromatic rings. The predicted octanol–water partition coefficient (Wildman–Crippen LogP) is 3.17. The summed E-state index contributed by atoms with van der Waals surface area (Å²) in [7, 11) is 0. The monoisotopic (exact) mass is 357 g/mol. The number of thiophene rings is 1. The molecule has 1 aromatic carbocycles. The van der Waals surface area contributed by atoms with Gasteiger partial charge in [-0.3, -0.25) is 19.8 Å². The summed E-state index contributed by atoms with van der Waals surface area (Å²) < 4.78 is 0.786. The molecule has 130 valence electrons. The second-order valence-electron chi connectivity index (χ2n) is 7.47. The van der Waals surface area contributed by atoms with Gasteiger partial charge in [-0.05, 0) is 62.2 Å². The molecule has 4 aliphatic rings. The van der Waals surface area contributed by atoms with Crippen LogP contribution in [-0.2, 0) is 0 Å². The molecule has 1 atom stereocenters. The lowest BCUT2D eigenvalue weighted by Gasteiger charge is -2.52. The van der Waals surface area contributed by atoms with Crippen LogP contribution in [0.25, 0.3) is 10.1 Å². The average Bonchev–Trinajstić information content (AvgIpc) is 3.27. The van der Waals surface area contributed by atoms with Gasteiger partial charge in [-0.2, -0.15) is 0 Å². The van der Waals surface area contributed by atoms with Crippen molar-refractivity contribution in [2.75, 3.05) is 13.1 Å². The van der Waals surface area contributed by atoms with Crippen LogP contribution in [0.1, 0.15) is 35.4 Å². The minimum absolute atomic E-state index is 0.0334. The highest BCUT2D eigenvalue weighted by Crippen LogP contribution is 2.53. The number of piperidine rings is 3. The van der Waals surface area contributed by atoms with Crippen molar-refractivity contribution in [3.63, 3.8) is 0 Å². The quantitative estimate of drug-likeness (QED) is 0.676. The summed E-state index contributed by atoms with van der Waals surface area (Å²) in [5.74, 6) is 0.556. The van der Waals surface area contributed by atoms with E-state index in [0.29, 0.717) is 10.8 Å². The van der Waals surface area contributed by atoms with Crippen molar-refractivity contribution in [1.29, 1.82) is 0 Å². The van der Waals surface area contributed by atoms with E-state index >= 15 is 0 Å². The third-order valence-electron chi connectivity index (χ3n) is 6.21. The topological polar surface area (TPSA) is 75.5 Å². The van der Waals surface area contributed by atoms with Crippen LogP contribution in [0, 0.1) is 16.0 Å². The molecule has 1 amide bonds. The highest BCUT2D eigenvalue weighted by atomic mass is 32.1. The number of amides is 1. The first-order valence-corrected chi connectivity index (χ1v) is 9.62. The number of non-ortho nitro benzene ring substituents is 1. The Hall–Kier alpha value is -1.99. The van der Waals surface area contributed by atoms with Gasteiger partial charge < -0.3 is 5.32 Å². The second kappa shape index (κ2) is 5.25. The number of carbonyl (C=O) groups excluding carboxylic acids is 1. The fourth-order valence-corrected chi connectivity index (χ4v) is 5.78. The number of benzene rings is 1. The molecule has 3 aliphatic heterocycles. The number of nitro benzene ring substituents is 1. The zero-order chi connectivity index (χ0) is 17.2. The number of nitro groups is 1. The predicted molar refractivity (Wildman–Crippen MR) is 96.0 cm³/mol. The molecule has 7 heteroatoms. The standard InChI is InChI=1S/C18H19N3O3S/c22-17(15-9-12-1-2-13(21(23)24)10-14(12)25-15)19-16-11-3-7-20(8-4-11)18(16)5-6-18/h1-2,9-11,16H,3-8H2,(H,19,22)/t16-/m0/s1. The first kappa shape index (κ1) is 15.3. The summed E-state index contributed by atoms with van der Waals surface area (Å²) in [6.07, 6.45) is 4.72. The molecule has 2 bridgehead atoms. The Balaban J connectivity index is 1.41.